The smallest absolute Gasteiger partial charge is 0.387 e. The Balaban J connectivity index is 2.57. The molecule has 20 heavy (non-hydrogen) atoms. The number of aryl methyl sites for hydroxylation is 1. The molecule has 2 N–H and O–H groups in total. The van der Waals surface area contributed by atoms with Crippen LogP contribution in [0.1, 0.15) is 11.1 Å². The summed E-state index contributed by atoms with van der Waals surface area (Å²) in [6.07, 6.45) is -0.505. The number of alkyl halides is 2. The maximum atomic E-state index is 12.4. The molecule has 0 aliphatic rings. The molecule has 0 fully saturated rings. The fourth-order valence-electron chi connectivity index (χ4n) is 1.97. The summed E-state index contributed by atoms with van der Waals surface area (Å²) in [6.45, 7) is 0.187. The fourth-order valence-corrected chi connectivity index (χ4v) is 1.97. The lowest BCUT2D eigenvalue weighted by Crippen LogP contribution is -2.34. The zero-order chi connectivity index (χ0) is 15.1. The van der Waals surface area contributed by atoms with Gasteiger partial charge in [0.25, 0.3) is 0 Å². The van der Waals surface area contributed by atoms with Crippen LogP contribution in [0.15, 0.2) is 18.2 Å². The summed E-state index contributed by atoms with van der Waals surface area (Å²) < 4.78 is 29.3. The van der Waals surface area contributed by atoms with Gasteiger partial charge in [-0.05, 0) is 26.6 Å². The van der Waals surface area contributed by atoms with Crippen LogP contribution in [0.5, 0.6) is 5.75 Å². The number of likely N-dealkylation sites (N-methyl/N-ethyl adjacent to an activating group) is 1. The summed E-state index contributed by atoms with van der Waals surface area (Å²) in [7, 11) is 3.75. The van der Waals surface area contributed by atoms with Gasteiger partial charge in [-0.2, -0.15) is 8.78 Å². The van der Waals surface area contributed by atoms with E-state index in [1.54, 1.807) is 25.1 Å². The van der Waals surface area contributed by atoms with Crippen molar-refractivity contribution < 1.29 is 18.6 Å². The number of rotatable bonds is 8. The molecule has 0 spiro atoms. The second-order valence-electron chi connectivity index (χ2n) is 4.99. The number of halogens is 2. The Kier molecular flexibility index (Phi) is 6.84. The van der Waals surface area contributed by atoms with Gasteiger partial charge in [-0.25, -0.2) is 0 Å². The lowest BCUT2D eigenvalue weighted by atomic mass is 10.1. The van der Waals surface area contributed by atoms with E-state index in [2.05, 4.69) is 10.1 Å². The van der Waals surface area contributed by atoms with Crippen molar-refractivity contribution in [2.24, 2.45) is 0 Å². The fraction of sp³-hybridized carbons (Fsp3) is 0.571. The number of nitrogens with one attached hydrogen (secondary N) is 1. The van der Waals surface area contributed by atoms with Crippen molar-refractivity contribution in [2.45, 2.75) is 26.2 Å². The molecule has 1 rings (SSSR count). The van der Waals surface area contributed by atoms with E-state index in [4.69, 9.17) is 0 Å². The van der Waals surface area contributed by atoms with Crippen LogP contribution in [0.25, 0.3) is 0 Å². The molecule has 0 amide bonds. The highest BCUT2D eigenvalue weighted by atomic mass is 19.3. The monoisotopic (exact) mass is 288 g/mol. The molecule has 0 saturated carbocycles. The van der Waals surface area contributed by atoms with E-state index in [-0.39, 0.29) is 5.75 Å². The molecular weight excluding hydrogens is 266 g/mol. The van der Waals surface area contributed by atoms with Crippen LogP contribution in [-0.2, 0) is 6.54 Å². The number of para-hydroxylation sites is 1. The number of nitrogens with zero attached hydrogens (tertiary/aromatic N) is 1. The molecule has 1 unspecified atom stereocenters. The molecule has 0 saturated heterocycles. The highest BCUT2D eigenvalue weighted by molar-refractivity contribution is 5.40. The van der Waals surface area contributed by atoms with Crippen LogP contribution in [0, 0.1) is 6.92 Å². The highest BCUT2D eigenvalue weighted by Crippen LogP contribution is 2.25. The average Bonchev–Trinajstić information content (AvgIpc) is 2.32. The first kappa shape index (κ1) is 16.8. The van der Waals surface area contributed by atoms with Crippen molar-refractivity contribution in [3.05, 3.63) is 29.3 Å². The number of hydrogen-bond acceptors (Lipinski definition) is 4. The summed E-state index contributed by atoms with van der Waals surface area (Å²) in [4.78, 5) is 1.88. The maximum absolute atomic E-state index is 12.4. The maximum Gasteiger partial charge on any atom is 0.387 e. The van der Waals surface area contributed by atoms with Crippen LogP contribution in [0.4, 0.5) is 8.78 Å². The van der Waals surface area contributed by atoms with Crippen LogP contribution >= 0.6 is 0 Å². The van der Waals surface area contributed by atoms with E-state index >= 15 is 0 Å². The lowest BCUT2D eigenvalue weighted by Gasteiger charge is -2.18. The Morgan fingerprint density at radius 3 is 2.65 bits per heavy atom. The predicted molar refractivity (Wildman–Crippen MR) is 74.1 cm³/mol. The summed E-state index contributed by atoms with van der Waals surface area (Å²) >= 11 is 0. The Bertz CT molecular complexity index is 414. The van der Waals surface area contributed by atoms with Crippen molar-refractivity contribution in [3.8, 4) is 5.75 Å². The Hall–Kier alpha value is -1.24. The molecule has 0 bridgehead atoms. The largest absolute Gasteiger partial charge is 0.434 e. The number of hydrogen-bond donors (Lipinski definition) is 2. The second-order valence-corrected chi connectivity index (χ2v) is 4.99. The normalized spacial score (nSPS) is 13.0. The Morgan fingerprint density at radius 2 is 2.05 bits per heavy atom. The van der Waals surface area contributed by atoms with E-state index in [0.29, 0.717) is 30.8 Å². The third-order valence-corrected chi connectivity index (χ3v) is 2.77. The van der Waals surface area contributed by atoms with Crippen LogP contribution in [0.3, 0.4) is 0 Å². The molecule has 4 nitrogen and oxygen atoms in total. The minimum absolute atomic E-state index is 0.206. The van der Waals surface area contributed by atoms with Gasteiger partial charge in [0.15, 0.2) is 0 Å². The summed E-state index contributed by atoms with van der Waals surface area (Å²) in [5, 5.41) is 12.8. The van der Waals surface area contributed by atoms with E-state index in [9.17, 15) is 13.9 Å². The van der Waals surface area contributed by atoms with Gasteiger partial charge in [0.1, 0.15) is 5.75 Å². The topological polar surface area (TPSA) is 44.7 Å². The van der Waals surface area contributed by atoms with Gasteiger partial charge in [-0.15, -0.1) is 0 Å². The minimum atomic E-state index is -2.84. The SMILES string of the molecule is Cc1cccc(CNCC(O)CN(C)C)c1OC(F)F. The summed E-state index contributed by atoms with van der Waals surface area (Å²) in [6, 6.07) is 5.25. The van der Waals surface area contributed by atoms with E-state index < -0.39 is 12.7 Å². The molecule has 0 radical (unpaired) electrons. The standard InChI is InChI=1S/C14H22F2N2O2/c1-10-5-4-6-11(13(10)20-14(15)16)7-17-8-12(19)9-18(2)3/h4-6,12,14,17,19H,7-9H2,1-3H3. The van der Waals surface area contributed by atoms with Crippen molar-refractivity contribution in [1.29, 1.82) is 0 Å². The third-order valence-electron chi connectivity index (χ3n) is 2.77. The number of benzene rings is 1. The van der Waals surface area contributed by atoms with E-state index in [1.165, 1.54) is 0 Å². The number of ether oxygens (including phenoxy) is 1. The molecule has 6 heteroatoms. The third kappa shape index (κ3) is 5.81. The van der Waals surface area contributed by atoms with E-state index in [0.717, 1.165) is 0 Å². The molecule has 114 valence electrons. The second kappa shape index (κ2) is 8.14. The first-order valence-electron chi connectivity index (χ1n) is 6.47. The average molecular weight is 288 g/mol. The molecular formula is C14H22F2N2O2. The molecule has 1 aromatic carbocycles. The first-order chi connectivity index (χ1) is 9.40. The zero-order valence-electron chi connectivity index (χ0n) is 12.1. The quantitative estimate of drug-likeness (QED) is 0.763. The van der Waals surface area contributed by atoms with Gasteiger partial charge < -0.3 is 20.1 Å². The number of aliphatic hydroxyl groups excluding tert-OH is 1. The molecule has 0 heterocycles. The van der Waals surface area contributed by atoms with Gasteiger partial charge in [0.05, 0.1) is 6.10 Å². The zero-order valence-corrected chi connectivity index (χ0v) is 12.1. The van der Waals surface area contributed by atoms with Crippen molar-refractivity contribution in [1.82, 2.24) is 10.2 Å². The van der Waals surface area contributed by atoms with Gasteiger partial charge in [-0.3, -0.25) is 0 Å². The van der Waals surface area contributed by atoms with Crippen molar-refractivity contribution >= 4 is 0 Å². The van der Waals surface area contributed by atoms with Gasteiger partial charge in [-0.1, -0.05) is 18.2 Å². The van der Waals surface area contributed by atoms with Gasteiger partial charge in [0.2, 0.25) is 0 Å². The minimum Gasteiger partial charge on any atom is -0.434 e. The lowest BCUT2D eigenvalue weighted by molar-refractivity contribution is -0.0509. The van der Waals surface area contributed by atoms with Crippen molar-refractivity contribution in [3.63, 3.8) is 0 Å². The predicted octanol–water partition coefficient (Wildman–Crippen LogP) is 1.61. The van der Waals surface area contributed by atoms with Gasteiger partial charge >= 0.3 is 6.61 Å². The molecule has 0 aliphatic heterocycles. The van der Waals surface area contributed by atoms with Crippen LogP contribution in [0.2, 0.25) is 0 Å². The first-order valence-corrected chi connectivity index (χ1v) is 6.47. The van der Waals surface area contributed by atoms with Crippen LogP contribution < -0.4 is 10.1 Å². The van der Waals surface area contributed by atoms with Gasteiger partial charge in [0, 0.05) is 25.2 Å². The Morgan fingerprint density at radius 1 is 1.35 bits per heavy atom. The summed E-state index contributed by atoms with van der Waals surface area (Å²) in [5.41, 5.74) is 1.32. The molecule has 1 aromatic rings. The van der Waals surface area contributed by atoms with Crippen molar-refractivity contribution in [2.75, 3.05) is 27.2 Å². The summed E-state index contributed by atoms with van der Waals surface area (Å²) in [5.74, 6) is 0.206. The number of aliphatic hydroxyl groups is 1. The molecule has 1 atom stereocenters. The van der Waals surface area contributed by atoms with Crippen LogP contribution in [-0.4, -0.2) is 49.9 Å². The Labute approximate surface area is 118 Å². The molecule has 0 aromatic heterocycles. The molecule has 0 aliphatic carbocycles. The van der Waals surface area contributed by atoms with E-state index in [1.807, 2.05) is 19.0 Å². The highest BCUT2D eigenvalue weighted by Gasteiger charge is 2.12.